The molecule has 2 aromatic carbocycles. The number of thiazole rings is 1. The van der Waals surface area contributed by atoms with Crippen molar-refractivity contribution in [3.8, 4) is 22.8 Å². The van der Waals surface area contributed by atoms with E-state index >= 15 is 0 Å². The van der Waals surface area contributed by atoms with Gasteiger partial charge in [0.15, 0.2) is 16.6 Å². The fraction of sp³-hybridized carbons (Fsp3) is 0.227. The maximum Gasteiger partial charge on any atom is 0.387 e. The van der Waals surface area contributed by atoms with Crippen LogP contribution in [0, 0.1) is 0 Å². The van der Waals surface area contributed by atoms with E-state index in [1.54, 1.807) is 38.1 Å². The predicted molar refractivity (Wildman–Crippen MR) is 116 cm³/mol. The molecule has 0 aliphatic rings. The highest BCUT2D eigenvalue weighted by Gasteiger charge is 2.22. The number of aromatic nitrogens is 1. The lowest BCUT2D eigenvalue weighted by Crippen LogP contribution is -2.12. The minimum Gasteiger partial charge on any atom is -0.490 e. The lowest BCUT2D eigenvalue weighted by atomic mass is 10.1. The summed E-state index contributed by atoms with van der Waals surface area (Å²) in [6.07, 6.45) is 0. The molecule has 0 fully saturated rings. The number of halogens is 2. The van der Waals surface area contributed by atoms with Gasteiger partial charge in [0.25, 0.3) is 5.91 Å². The van der Waals surface area contributed by atoms with Crippen LogP contribution >= 0.6 is 11.3 Å². The third kappa shape index (κ3) is 5.58. The maximum atomic E-state index is 12.8. The van der Waals surface area contributed by atoms with Crippen LogP contribution in [0.15, 0.2) is 48.5 Å². The largest absolute Gasteiger partial charge is 0.490 e. The van der Waals surface area contributed by atoms with E-state index in [-0.39, 0.29) is 40.3 Å². The number of benzene rings is 2. The van der Waals surface area contributed by atoms with Crippen LogP contribution in [-0.2, 0) is 4.74 Å². The smallest absolute Gasteiger partial charge is 0.387 e. The zero-order valence-electron chi connectivity index (χ0n) is 17.3. The van der Waals surface area contributed by atoms with Crippen LogP contribution in [0.5, 0.6) is 11.5 Å². The molecule has 10 heteroatoms. The standard InChI is InChI=1S/C22H20F2N2O5S/c1-3-29-16-12-14(10-11-15(16)31-21(23)24)19(27)26-22-25-17(13-8-6-5-7-9-13)18(32-22)20(28)30-4-2/h5-12,21H,3-4H2,1-2H3,(H,25,26,27). The Morgan fingerprint density at radius 2 is 1.81 bits per heavy atom. The number of nitrogens with zero attached hydrogens (tertiary/aromatic N) is 1. The fourth-order valence-corrected chi connectivity index (χ4v) is 3.66. The van der Waals surface area contributed by atoms with Crippen LogP contribution in [-0.4, -0.2) is 36.7 Å². The van der Waals surface area contributed by atoms with Crippen LogP contribution in [0.1, 0.15) is 33.9 Å². The zero-order valence-corrected chi connectivity index (χ0v) is 18.1. The van der Waals surface area contributed by atoms with E-state index in [0.717, 1.165) is 11.3 Å². The first kappa shape index (κ1) is 23.1. The highest BCUT2D eigenvalue weighted by Crippen LogP contribution is 2.33. The number of nitrogens with one attached hydrogen (secondary N) is 1. The summed E-state index contributed by atoms with van der Waals surface area (Å²) < 4.78 is 40.0. The number of anilines is 1. The number of hydrogen-bond donors (Lipinski definition) is 1. The lowest BCUT2D eigenvalue weighted by Gasteiger charge is -2.12. The Balaban J connectivity index is 1.89. The van der Waals surface area contributed by atoms with Crippen molar-refractivity contribution in [2.24, 2.45) is 0 Å². The fourth-order valence-electron chi connectivity index (χ4n) is 2.78. The second-order valence-electron chi connectivity index (χ2n) is 6.21. The first-order valence-electron chi connectivity index (χ1n) is 9.69. The Kier molecular flexibility index (Phi) is 7.72. The van der Waals surface area contributed by atoms with Crippen LogP contribution in [0.2, 0.25) is 0 Å². The molecule has 0 aliphatic carbocycles. The zero-order chi connectivity index (χ0) is 23.1. The molecule has 0 atom stereocenters. The summed E-state index contributed by atoms with van der Waals surface area (Å²) in [6.45, 7) is 0.736. The van der Waals surface area contributed by atoms with Gasteiger partial charge in [-0.05, 0) is 32.0 Å². The van der Waals surface area contributed by atoms with E-state index < -0.39 is 18.5 Å². The summed E-state index contributed by atoms with van der Waals surface area (Å²) in [4.78, 5) is 29.8. The highest BCUT2D eigenvalue weighted by molar-refractivity contribution is 7.18. The number of alkyl halides is 2. The van der Waals surface area contributed by atoms with Gasteiger partial charge in [0.05, 0.1) is 18.9 Å². The van der Waals surface area contributed by atoms with E-state index in [2.05, 4.69) is 15.0 Å². The van der Waals surface area contributed by atoms with E-state index in [9.17, 15) is 18.4 Å². The molecule has 3 rings (SSSR count). The number of ether oxygens (including phenoxy) is 3. The van der Waals surface area contributed by atoms with Crippen molar-refractivity contribution in [1.82, 2.24) is 4.98 Å². The van der Waals surface area contributed by atoms with Crippen molar-refractivity contribution < 1.29 is 32.6 Å². The van der Waals surface area contributed by atoms with Crippen molar-refractivity contribution in [1.29, 1.82) is 0 Å². The summed E-state index contributed by atoms with van der Waals surface area (Å²) >= 11 is 0.979. The van der Waals surface area contributed by atoms with Crippen molar-refractivity contribution in [2.45, 2.75) is 20.5 Å². The maximum absolute atomic E-state index is 12.8. The van der Waals surface area contributed by atoms with Gasteiger partial charge in [-0.2, -0.15) is 8.78 Å². The Morgan fingerprint density at radius 1 is 1.06 bits per heavy atom. The monoisotopic (exact) mass is 462 g/mol. The SMILES string of the molecule is CCOC(=O)c1sc(NC(=O)c2ccc(OC(F)F)c(OCC)c2)nc1-c1ccccc1. The van der Waals surface area contributed by atoms with E-state index in [1.807, 2.05) is 6.07 Å². The van der Waals surface area contributed by atoms with Crippen LogP contribution in [0.4, 0.5) is 13.9 Å². The molecule has 0 saturated carbocycles. The second kappa shape index (κ2) is 10.7. The average molecular weight is 462 g/mol. The van der Waals surface area contributed by atoms with E-state index in [4.69, 9.17) is 9.47 Å². The Labute approximate surface area is 187 Å². The van der Waals surface area contributed by atoms with Gasteiger partial charge in [0, 0.05) is 11.1 Å². The Hall–Kier alpha value is -3.53. The number of rotatable bonds is 9. The Morgan fingerprint density at radius 3 is 2.47 bits per heavy atom. The number of carbonyl (C=O) groups is 2. The molecule has 0 spiro atoms. The molecular formula is C22H20F2N2O5S. The predicted octanol–water partition coefficient (Wildman–Crippen LogP) is 5.24. The summed E-state index contributed by atoms with van der Waals surface area (Å²) in [5.74, 6) is -1.27. The normalized spacial score (nSPS) is 10.7. The van der Waals surface area contributed by atoms with Gasteiger partial charge in [-0.1, -0.05) is 41.7 Å². The van der Waals surface area contributed by atoms with Crippen molar-refractivity contribution >= 4 is 28.3 Å². The van der Waals surface area contributed by atoms with Gasteiger partial charge in [-0.3, -0.25) is 10.1 Å². The molecule has 168 valence electrons. The second-order valence-corrected chi connectivity index (χ2v) is 7.21. The molecule has 0 aliphatic heterocycles. The highest BCUT2D eigenvalue weighted by atomic mass is 32.1. The first-order valence-corrected chi connectivity index (χ1v) is 10.5. The van der Waals surface area contributed by atoms with E-state index in [1.165, 1.54) is 18.2 Å². The van der Waals surface area contributed by atoms with Crippen molar-refractivity contribution in [2.75, 3.05) is 18.5 Å². The number of hydrogen-bond acceptors (Lipinski definition) is 7. The number of esters is 1. The third-order valence-corrected chi connectivity index (χ3v) is 5.03. The molecule has 0 bridgehead atoms. The average Bonchev–Trinajstić information content (AvgIpc) is 3.19. The first-order chi connectivity index (χ1) is 15.4. The molecular weight excluding hydrogens is 442 g/mol. The van der Waals surface area contributed by atoms with Gasteiger partial charge in [0.1, 0.15) is 4.88 Å². The Bertz CT molecular complexity index is 1090. The molecule has 1 heterocycles. The van der Waals surface area contributed by atoms with Gasteiger partial charge >= 0.3 is 12.6 Å². The van der Waals surface area contributed by atoms with Crippen LogP contribution in [0.25, 0.3) is 11.3 Å². The van der Waals surface area contributed by atoms with Gasteiger partial charge in [-0.15, -0.1) is 0 Å². The summed E-state index contributed by atoms with van der Waals surface area (Å²) in [7, 11) is 0. The van der Waals surface area contributed by atoms with Gasteiger partial charge in [0.2, 0.25) is 0 Å². The number of amides is 1. The van der Waals surface area contributed by atoms with Crippen molar-refractivity contribution in [3.63, 3.8) is 0 Å². The minimum atomic E-state index is -3.03. The van der Waals surface area contributed by atoms with E-state index in [0.29, 0.717) is 11.3 Å². The summed E-state index contributed by atoms with van der Waals surface area (Å²) in [5.41, 5.74) is 1.23. The van der Waals surface area contributed by atoms with Crippen LogP contribution < -0.4 is 14.8 Å². The van der Waals surface area contributed by atoms with Crippen LogP contribution in [0.3, 0.4) is 0 Å². The van der Waals surface area contributed by atoms with Gasteiger partial charge < -0.3 is 14.2 Å². The molecule has 0 unspecified atom stereocenters. The molecule has 7 nitrogen and oxygen atoms in total. The number of carbonyl (C=O) groups excluding carboxylic acids is 2. The molecule has 0 saturated heterocycles. The van der Waals surface area contributed by atoms with Gasteiger partial charge in [-0.25, -0.2) is 9.78 Å². The molecule has 1 N–H and O–H groups in total. The molecule has 1 aromatic heterocycles. The van der Waals surface area contributed by atoms with Crippen molar-refractivity contribution in [3.05, 3.63) is 59.0 Å². The summed E-state index contributed by atoms with van der Waals surface area (Å²) in [6, 6.07) is 12.9. The topological polar surface area (TPSA) is 86.8 Å². The minimum absolute atomic E-state index is 0.0109. The summed E-state index contributed by atoms with van der Waals surface area (Å²) in [5, 5.41) is 2.81. The molecule has 32 heavy (non-hydrogen) atoms. The molecule has 0 radical (unpaired) electrons. The third-order valence-electron chi connectivity index (χ3n) is 4.08. The quantitative estimate of drug-likeness (QED) is 0.438. The molecule has 3 aromatic rings. The molecule has 1 amide bonds. The lowest BCUT2D eigenvalue weighted by molar-refractivity contribution is -0.0514.